The van der Waals surface area contributed by atoms with Crippen molar-refractivity contribution in [1.29, 1.82) is 0 Å². The molecular formula is C14H17FN2O6. The first-order chi connectivity index (χ1) is 10.8. The molecule has 0 aromatic heterocycles. The zero-order chi connectivity index (χ0) is 17.4. The van der Waals surface area contributed by atoms with Gasteiger partial charge in [-0.2, -0.15) is 0 Å². The second kappa shape index (κ2) is 8.69. The van der Waals surface area contributed by atoms with Crippen LogP contribution in [0, 0.1) is 0 Å². The molecule has 1 amide bonds. The molecule has 0 saturated heterocycles. The van der Waals surface area contributed by atoms with Crippen LogP contribution in [0.5, 0.6) is 5.75 Å². The van der Waals surface area contributed by atoms with Gasteiger partial charge < -0.3 is 20.6 Å². The van der Waals surface area contributed by atoms with Gasteiger partial charge in [0.1, 0.15) is 17.8 Å². The van der Waals surface area contributed by atoms with E-state index in [2.05, 4.69) is 5.32 Å². The molecule has 5 N–H and O–H groups in total. The lowest BCUT2D eigenvalue weighted by Gasteiger charge is -2.18. The molecule has 0 fully saturated rings. The van der Waals surface area contributed by atoms with Crippen LogP contribution in [0.2, 0.25) is 0 Å². The smallest absolute Gasteiger partial charge is 0.326 e. The van der Waals surface area contributed by atoms with Gasteiger partial charge in [-0.15, -0.1) is 10.0 Å². The Labute approximate surface area is 130 Å². The minimum atomic E-state index is -1.45. The SMILES string of the molecule is O=C(O)CCC(NF)C(=O)NC(Cc1ccc(O)cc1)C(=O)O. The number of carboxylic acid groups (broad SMARTS) is 2. The average molecular weight is 328 g/mol. The number of phenolic OH excluding ortho intramolecular Hbond substituents is 1. The Morgan fingerprint density at radius 2 is 1.70 bits per heavy atom. The number of carbonyl (C=O) groups is 3. The summed E-state index contributed by atoms with van der Waals surface area (Å²) in [4.78, 5) is 33.5. The van der Waals surface area contributed by atoms with Crippen molar-refractivity contribution in [2.24, 2.45) is 0 Å². The van der Waals surface area contributed by atoms with Crippen LogP contribution in [0.25, 0.3) is 0 Å². The zero-order valence-electron chi connectivity index (χ0n) is 12.0. The van der Waals surface area contributed by atoms with Crippen LogP contribution in [-0.4, -0.2) is 45.2 Å². The van der Waals surface area contributed by atoms with Crippen LogP contribution in [0.3, 0.4) is 0 Å². The van der Waals surface area contributed by atoms with Gasteiger partial charge in [-0.3, -0.25) is 9.59 Å². The highest BCUT2D eigenvalue weighted by Crippen LogP contribution is 2.11. The summed E-state index contributed by atoms with van der Waals surface area (Å²) in [7, 11) is 0. The molecule has 126 valence electrons. The number of amides is 1. The van der Waals surface area contributed by atoms with Gasteiger partial charge in [0.25, 0.3) is 0 Å². The van der Waals surface area contributed by atoms with Crippen LogP contribution >= 0.6 is 0 Å². The highest BCUT2D eigenvalue weighted by atomic mass is 19.2. The monoisotopic (exact) mass is 328 g/mol. The van der Waals surface area contributed by atoms with Crippen molar-refractivity contribution in [3.8, 4) is 5.75 Å². The van der Waals surface area contributed by atoms with E-state index in [1.165, 1.54) is 29.8 Å². The molecule has 2 unspecified atom stereocenters. The van der Waals surface area contributed by atoms with Gasteiger partial charge in [0.15, 0.2) is 0 Å². The molecule has 0 saturated carbocycles. The van der Waals surface area contributed by atoms with Crippen molar-refractivity contribution in [3.05, 3.63) is 29.8 Å². The lowest BCUT2D eigenvalue weighted by atomic mass is 10.0. The molecule has 0 bridgehead atoms. The Morgan fingerprint density at radius 3 is 2.17 bits per heavy atom. The number of hydrogen-bond acceptors (Lipinski definition) is 5. The standard InChI is InChI=1S/C14H17FN2O6/c15-17-10(5-6-12(19)20)13(21)16-11(14(22)23)7-8-1-3-9(18)4-2-8/h1-4,10-11,17-18H,5-7H2,(H,16,21)(H,19,20)(H,22,23). The average Bonchev–Trinajstić information content (AvgIpc) is 2.49. The van der Waals surface area contributed by atoms with Crippen LogP contribution in [0.1, 0.15) is 18.4 Å². The lowest BCUT2D eigenvalue weighted by molar-refractivity contribution is -0.143. The summed E-state index contributed by atoms with van der Waals surface area (Å²) in [6.45, 7) is 0. The second-order valence-corrected chi connectivity index (χ2v) is 4.86. The van der Waals surface area contributed by atoms with Crippen LogP contribution in [0.4, 0.5) is 4.48 Å². The first-order valence-electron chi connectivity index (χ1n) is 6.72. The Bertz CT molecular complexity index is 563. The number of hydrogen-bond donors (Lipinski definition) is 5. The molecule has 8 nitrogen and oxygen atoms in total. The molecule has 2 atom stereocenters. The van der Waals surface area contributed by atoms with E-state index in [0.29, 0.717) is 5.56 Å². The molecule has 1 rings (SSSR count). The largest absolute Gasteiger partial charge is 0.508 e. The van der Waals surface area contributed by atoms with Gasteiger partial charge in [0, 0.05) is 12.8 Å². The Kier molecular flexibility index (Phi) is 6.94. The molecule has 0 radical (unpaired) electrons. The van der Waals surface area contributed by atoms with Gasteiger partial charge in [0.05, 0.1) is 0 Å². The summed E-state index contributed by atoms with van der Waals surface area (Å²) in [6.07, 6.45) is -0.826. The number of halogens is 1. The fraction of sp³-hybridized carbons (Fsp3) is 0.357. The summed E-state index contributed by atoms with van der Waals surface area (Å²) >= 11 is 0. The Balaban J connectivity index is 2.70. The fourth-order valence-corrected chi connectivity index (χ4v) is 1.84. The molecule has 0 spiro atoms. The lowest BCUT2D eigenvalue weighted by Crippen LogP contribution is -2.49. The van der Waals surface area contributed by atoms with Crippen molar-refractivity contribution in [2.45, 2.75) is 31.3 Å². The first kappa shape index (κ1) is 18.4. The third-order valence-electron chi connectivity index (χ3n) is 3.09. The van der Waals surface area contributed by atoms with Crippen molar-refractivity contribution >= 4 is 17.8 Å². The summed E-state index contributed by atoms with van der Waals surface area (Å²) < 4.78 is 12.6. The highest BCUT2D eigenvalue weighted by molar-refractivity contribution is 5.87. The molecule has 1 aromatic carbocycles. The quantitative estimate of drug-likeness (QED) is 0.409. The van der Waals surface area contributed by atoms with Crippen LogP contribution < -0.4 is 10.9 Å². The molecular weight excluding hydrogens is 311 g/mol. The molecule has 0 aliphatic rings. The van der Waals surface area contributed by atoms with E-state index in [4.69, 9.17) is 10.2 Å². The van der Waals surface area contributed by atoms with Gasteiger partial charge in [-0.1, -0.05) is 12.1 Å². The minimum Gasteiger partial charge on any atom is -0.508 e. The maximum Gasteiger partial charge on any atom is 0.326 e. The molecule has 0 aliphatic heterocycles. The van der Waals surface area contributed by atoms with Crippen LogP contribution in [-0.2, 0) is 20.8 Å². The fourth-order valence-electron chi connectivity index (χ4n) is 1.84. The zero-order valence-corrected chi connectivity index (χ0v) is 12.0. The number of benzene rings is 1. The summed E-state index contributed by atoms with van der Waals surface area (Å²) in [5, 5.41) is 29.0. The molecule has 1 aromatic rings. The maximum absolute atomic E-state index is 12.6. The Morgan fingerprint density at radius 1 is 1.09 bits per heavy atom. The van der Waals surface area contributed by atoms with Crippen LogP contribution in [0.15, 0.2) is 24.3 Å². The van der Waals surface area contributed by atoms with E-state index in [9.17, 15) is 24.0 Å². The number of carbonyl (C=O) groups excluding carboxylic acids is 1. The minimum absolute atomic E-state index is 0.0139. The first-order valence-corrected chi connectivity index (χ1v) is 6.72. The van der Waals surface area contributed by atoms with Gasteiger partial charge in [-0.25, -0.2) is 4.79 Å². The second-order valence-electron chi connectivity index (χ2n) is 4.86. The van der Waals surface area contributed by atoms with Gasteiger partial charge >= 0.3 is 11.9 Å². The maximum atomic E-state index is 12.6. The van der Waals surface area contributed by atoms with E-state index in [1.54, 1.807) is 0 Å². The summed E-state index contributed by atoms with van der Waals surface area (Å²) in [5.41, 5.74) is 1.72. The van der Waals surface area contributed by atoms with Gasteiger partial charge in [0.2, 0.25) is 5.91 Å². The van der Waals surface area contributed by atoms with Crippen molar-refractivity contribution in [3.63, 3.8) is 0 Å². The normalized spacial score (nSPS) is 13.1. The predicted molar refractivity (Wildman–Crippen MR) is 76.3 cm³/mol. The third kappa shape index (κ3) is 6.30. The van der Waals surface area contributed by atoms with E-state index in [0.717, 1.165) is 0 Å². The van der Waals surface area contributed by atoms with Crippen molar-refractivity contribution in [1.82, 2.24) is 10.9 Å². The number of phenols is 1. The number of nitrogens with one attached hydrogen (secondary N) is 2. The topological polar surface area (TPSA) is 136 Å². The highest BCUT2D eigenvalue weighted by Gasteiger charge is 2.26. The van der Waals surface area contributed by atoms with E-state index in [-0.39, 0.29) is 18.6 Å². The number of carboxylic acids is 2. The molecule has 23 heavy (non-hydrogen) atoms. The van der Waals surface area contributed by atoms with E-state index < -0.39 is 36.4 Å². The summed E-state index contributed by atoms with van der Waals surface area (Å²) in [5.74, 6) is -3.45. The molecule has 0 aliphatic carbocycles. The van der Waals surface area contributed by atoms with Crippen molar-refractivity contribution in [2.75, 3.05) is 0 Å². The predicted octanol–water partition coefficient (Wildman–Crippen LogP) is 0.212. The molecule has 0 heterocycles. The van der Waals surface area contributed by atoms with Gasteiger partial charge in [-0.05, 0) is 24.1 Å². The molecule has 9 heteroatoms. The van der Waals surface area contributed by atoms with E-state index >= 15 is 0 Å². The Hall–Kier alpha value is -2.68. The summed E-state index contributed by atoms with van der Waals surface area (Å²) in [6, 6.07) is 2.96. The van der Waals surface area contributed by atoms with Crippen molar-refractivity contribution < 1.29 is 34.2 Å². The van der Waals surface area contributed by atoms with E-state index in [1.807, 2.05) is 0 Å². The number of rotatable bonds is 9. The number of aromatic hydroxyl groups is 1. The number of aliphatic carboxylic acids is 2. The third-order valence-corrected chi connectivity index (χ3v) is 3.09.